The van der Waals surface area contributed by atoms with E-state index in [9.17, 15) is 0 Å². The highest BCUT2D eigenvalue weighted by Crippen LogP contribution is 2.18. The van der Waals surface area contributed by atoms with Gasteiger partial charge in [-0.05, 0) is 19.1 Å². The van der Waals surface area contributed by atoms with Crippen molar-refractivity contribution in [1.29, 1.82) is 0 Å². The molecule has 0 bridgehead atoms. The molecule has 1 N–H and O–H groups in total. The third kappa shape index (κ3) is 1.87. The zero-order valence-electron chi connectivity index (χ0n) is 9.67. The summed E-state index contributed by atoms with van der Waals surface area (Å²) in [4.78, 5) is 8.93. The Labute approximate surface area is 100 Å². The molecular formula is C13H14N4. The van der Waals surface area contributed by atoms with Crippen LogP contribution < -0.4 is 5.32 Å². The van der Waals surface area contributed by atoms with Crippen molar-refractivity contribution in [2.24, 2.45) is 0 Å². The summed E-state index contributed by atoms with van der Waals surface area (Å²) in [6.07, 6.45) is 8.01. The fraction of sp³-hybridized carbons (Fsp3) is 0.231. The van der Waals surface area contributed by atoms with Crippen molar-refractivity contribution in [3.63, 3.8) is 0 Å². The SMILES string of the molecule is Cc1cccc(-n2ccnc2[C@@H]2C=CCN2)n1. The molecular weight excluding hydrogens is 212 g/mol. The molecule has 0 amide bonds. The smallest absolute Gasteiger partial charge is 0.138 e. The van der Waals surface area contributed by atoms with E-state index in [0.717, 1.165) is 23.9 Å². The molecule has 2 aromatic heterocycles. The van der Waals surface area contributed by atoms with Crippen LogP contribution in [0.2, 0.25) is 0 Å². The maximum absolute atomic E-state index is 4.52. The summed E-state index contributed by atoms with van der Waals surface area (Å²) in [5.74, 6) is 1.90. The van der Waals surface area contributed by atoms with Crippen molar-refractivity contribution in [1.82, 2.24) is 19.9 Å². The lowest BCUT2D eigenvalue weighted by Crippen LogP contribution is -2.18. The van der Waals surface area contributed by atoms with Crippen LogP contribution in [-0.2, 0) is 0 Å². The first-order valence-electron chi connectivity index (χ1n) is 5.72. The first kappa shape index (κ1) is 10.2. The molecule has 17 heavy (non-hydrogen) atoms. The average molecular weight is 226 g/mol. The zero-order valence-corrected chi connectivity index (χ0v) is 9.67. The number of hydrogen-bond donors (Lipinski definition) is 1. The van der Waals surface area contributed by atoms with Crippen LogP contribution >= 0.6 is 0 Å². The van der Waals surface area contributed by atoms with Crippen molar-refractivity contribution in [2.45, 2.75) is 13.0 Å². The van der Waals surface area contributed by atoms with Gasteiger partial charge in [-0.15, -0.1) is 0 Å². The van der Waals surface area contributed by atoms with Crippen molar-refractivity contribution >= 4 is 0 Å². The third-order valence-electron chi connectivity index (χ3n) is 2.85. The van der Waals surface area contributed by atoms with Crippen LogP contribution in [0.1, 0.15) is 17.6 Å². The lowest BCUT2D eigenvalue weighted by atomic mass is 10.3. The van der Waals surface area contributed by atoms with Gasteiger partial charge in [0, 0.05) is 24.6 Å². The lowest BCUT2D eigenvalue weighted by Gasteiger charge is -2.12. The van der Waals surface area contributed by atoms with Gasteiger partial charge in [-0.1, -0.05) is 18.2 Å². The fourth-order valence-corrected chi connectivity index (χ4v) is 2.05. The Morgan fingerprint density at radius 1 is 1.41 bits per heavy atom. The minimum Gasteiger partial charge on any atom is -0.301 e. The van der Waals surface area contributed by atoms with Gasteiger partial charge in [0.2, 0.25) is 0 Å². The van der Waals surface area contributed by atoms with Crippen LogP contribution in [0.15, 0.2) is 42.7 Å². The molecule has 3 heterocycles. The van der Waals surface area contributed by atoms with Crippen LogP contribution in [0.3, 0.4) is 0 Å². The molecule has 1 atom stereocenters. The Hall–Kier alpha value is -1.94. The number of aromatic nitrogens is 3. The molecule has 0 radical (unpaired) electrons. The average Bonchev–Trinajstić information content (AvgIpc) is 3.00. The Kier molecular flexibility index (Phi) is 2.49. The van der Waals surface area contributed by atoms with Crippen LogP contribution in [0, 0.1) is 6.92 Å². The van der Waals surface area contributed by atoms with Gasteiger partial charge in [0.05, 0.1) is 6.04 Å². The van der Waals surface area contributed by atoms with Crippen LogP contribution in [0.5, 0.6) is 0 Å². The molecule has 0 saturated heterocycles. The molecule has 86 valence electrons. The van der Waals surface area contributed by atoms with Gasteiger partial charge in [0.25, 0.3) is 0 Å². The van der Waals surface area contributed by atoms with E-state index in [4.69, 9.17) is 0 Å². The van der Waals surface area contributed by atoms with Crippen molar-refractivity contribution < 1.29 is 0 Å². The van der Waals surface area contributed by atoms with Gasteiger partial charge >= 0.3 is 0 Å². The highest BCUT2D eigenvalue weighted by molar-refractivity contribution is 5.29. The van der Waals surface area contributed by atoms with Crippen LogP contribution in [-0.4, -0.2) is 21.1 Å². The lowest BCUT2D eigenvalue weighted by molar-refractivity contribution is 0.652. The second kappa shape index (κ2) is 4.14. The van der Waals surface area contributed by atoms with E-state index in [1.165, 1.54) is 0 Å². The van der Waals surface area contributed by atoms with Gasteiger partial charge in [-0.25, -0.2) is 9.97 Å². The Balaban J connectivity index is 2.03. The van der Waals surface area contributed by atoms with E-state index in [1.807, 2.05) is 42.1 Å². The molecule has 3 rings (SSSR count). The topological polar surface area (TPSA) is 42.7 Å². The predicted molar refractivity (Wildman–Crippen MR) is 66.0 cm³/mol. The molecule has 4 heteroatoms. The number of hydrogen-bond acceptors (Lipinski definition) is 3. The maximum Gasteiger partial charge on any atom is 0.138 e. The number of nitrogens with one attached hydrogen (secondary N) is 1. The van der Waals surface area contributed by atoms with Gasteiger partial charge in [0.1, 0.15) is 11.6 Å². The van der Waals surface area contributed by atoms with Crippen molar-refractivity contribution in [2.75, 3.05) is 6.54 Å². The maximum atomic E-state index is 4.52. The monoisotopic (exact) mass is 226 g/mol. The van der Waals surface area contributed by atoms with Crippen LogP contribution in [0.25, 0.3) is 5.82 Å². The Bertz CT molecular complexity index is 556. The molecule has 0 fully saturated rings. The van der Waals surface area contributed by atoms with Crippen molar-refractivity contribution in [3.05, 3.63) is 54.3 Å². The molecule has 0 spiro atoms. The van der Waals surface area contributed by atoms with Crippen LogP contribution in [0.4, 0.5) is 0 Å². The largest absolute Gasteiger partial charge is 0.301 e. The quantitative estimate of drug-likeness (QED) is 0.794. The van der Waals surface area contributed by atoms with Gasteiger partial charge < -0.3 is 5.32 Å². The summed E-state index contributed by atoms with van der Waals surface area (Å²) in [7, 11) is 0. The summed E-state index contributed by atoms with van der Waals surface area (Å²) in [6.45, 7) is 2.90. The molecule has 1 aliphatic heterocycles. The number of pyridine rings is 1. The van der Waals surface area contributed by atoms with E-state index >= 15 is 0 Å². The molecule has 0 saturated carbocycles. The first-order valence-corrected chi connectivity index (χ1v) is 5.72. The van der Waals surface area contributed by atoms with Crippen molar-refractivity contribution in [3.8, 4) is 5.82 Å². The van der Waals surface area contributed by atoms with Gasteiger partial charge in [-0.2, -0.15) is 0 Å². The highest BCUT2D eigenvalue weighted by Gasteiger charge is 2.17. The molecule has 0 aliphatic carbocycles. The Morgan fingerprint density at radius 2 is 2.35 bits per heavy atom. The normalized spacial score (nSPS) is 18.8. The molecule has 4 nitrogen and oxygen atoms in total. The number of nitrogens with zero attached hydrogens (tertiary/aromatic N) is 3. The molecule has 1 aliphatic rings. The van der Waals surface area contributed by atoms with E-state index in [1.54, 1.807) is 0 Å². The molecule has 0 aromatic carbocycles. The summed E-state index contributed by atoms with van der Waals surface area (Å²) in [5.41, 5.74) is 1.01. The van der Waals surface area contributed by atoms with E-state index in [-0.39, 0.29) is 6.04 Å². The third-order valence-corrected chi connectivity index (χ3v) is 2.85. The minimum absolute atomic E-state index is 0.187. The number of aryl methyl sites for hydroxylation is 1. The van der Waals surface area contributed by atoms with E-state index in [2.05, 4.69) is 27.4 Å². The molecule has 2 aromatic rings. The fourth-order valence-electron chi connectivity index (χ4n) is 2.05. The number of rotatable bonds is 2. The summed E-state index contributed by atoms with van der Waals surface area (Å²) < 4.78 is 2.03. The number of imidazole rings is 1. The van der Waals surface area contributed by atoms with Gasteiger partial charge in [0.15, 0.2) is 0 Å². The van der Waals surface area contributed by atoms with E-state index in [0.29, 0.717) is 0 Å². The highest BCUT2D eigenvalue weighted by atomic mass is 15.2. The summed E-state index contributed by atoms with van der Waals surface area (Å²) in [5, 5.41) is 3.36. The predicted octanol–water partition coefficient (Wildman–Crippen LogP) is 1.78. The first-order chi connectivity index (χ1) is 8.34. The zero-order chi connectivity index (χ0) is 11.7. The standard InChI is InChI=1S/C13H14N4/c1-10-4-2-6-12(16-10)17-9-8-15-13(17)11-5-3-7-14-11/h2-6,8-9,11,14H,7H2,1H3/t11-/m0/s1. The summed E-state index contributed by atoms with van der Waals surface area (Å²) >= 11 is 0. The van der Waals surface area contributed by atoms with Gasteiger partial charge in [-0.3, -0.25) is 4.57 Å². The minimum atomic E-state index is 0.187. The molecule has 0 unspecified atom stereocenters. The van der Waals surface area contributed by atoms with E-state index < -0.39 is 0 Å². The second-order valence-corrected chi connectivity index (χ2v) is 4.11. The Morgan fingerprint density at radius 3 is 3.12 bits per heavy atom. The second-order valence-electron chi connectivity index (χ2n) is 4.11. The summed E-state index contributed by atoms with van der Waals surface area (Å²) in [6, 6.07) is 6.19.